The second kappa shape index (κ2) is 8.80. The molecular weight excluding hydrogens is 354 g/mol. The minimum atomic E-state index is 0.271. The van der Waals surface area contributed by atoms with Gasteiger partial charge in [0.2, 0.25) is 0 Å². The van der Waals surface area contributed by atoms with Crippen molar-refractivity contribution < 1.29 is 14.3 Å². The van der Waals surface area contributed by atoms with Gasteiger partial charge in [0.05, 0.1) is 12.2 Å². The molecule has 28 heavy (non-hydrogen) atoms. The third-order valence-corrected chi connectivity index (χ3v) is 5.01. The summed E-state index contributed by atoms with van der Waals surface area (Å²) in [6.45, 7) is 2.64. The summed E-state index contributed by atoms with van der Waals surface area (Å²) in [6.07, 6.45) is 3.80. The maximum Gasteiger partial charge on any atom is 0.290 e. The van der Waals surface area contributed by atoms with Crippen molar-refractivity contribution >= 4 is 11.5 Å². The molecule has 1 fully saturated rings. The standard InChI is InChI=1S/C22H25N3O3/c26-16-17-10-13-25(14-11-17)22-20(7-4-12-23-22)24-15-19-8-9-21(28-19)27-18-5-2-1-3-6-18/h1-9,12,17,24,26H,10-11,13-16H2. The molecule has 0 unspecified atom stereocenters. The van der Waals surface area contributed by atoms with Crippen LogP contribution in [0.2, 0.25) is 0 Å². The smallest absolute Gasteiger partial charge is 0.290 e. The van der Waals surface area contributed by atoms with Crippen LogP contribution in [0.25, 0.3) is 0 Å². The molecule has 0 spiro atoms. The molecular formula is C22H25N3O3. The highest BCUT2D eigenvalue weighted by Crippen LogP contribution is 2.29. The Labute approximate surface area is 164 Å². The topological polar surface area (TPSA) is 70.8 Å². The van der Waals surface area contributed by atoms with E-state index in [4.69, 9.17) is 9.15 Å². The lowest BCUT2D eigenvalue weighted by molar-refractivity contribution is 0.203. The molecule has 0 aliphatic carbocycles. The van der Waals surface area contributed by atoms with Crippen LogP contribution in [0.4, 0.5) is 11.5 Å². The fourth-order valence-electron chi connectivity index (χ4n) is 3.41. The molecule has 1 aliphatic rings. The molecule has 3 aromatic rings. The summed E-state index contributed by atoms with van der Waals surface area (Å²) in [7, 11) is 0. The van der Waals surface area contributed by atoms with Crippen molar-refractivity contribution in [2.24, 2.45) is 5.92 Å². The van der Waals surface area contributed by atoms with Crippen LogP contribution in [-0.4, -0.2) is 29.8 Å². The predicted octanol–water partition coefficient (Wildman–Crippen LogP) is 4.29. The number of aromatic nitrogens is 1. The van der Waals surface area contributed by atoms with Gasteiger partial charge in [-0.3, -0.25) is 0 Å². The van der Waals surface area contributed by atoms with Crippen molar-refractivity contribution in [3.63, 3.8) is 0 Å². The molecule has 1 aromatic carbocycles. The Morgan fingerprint density at radius 2 is 1.89 bits per heavy atom. The Hall–Kier alpha value is -2.99. The Morgan fingerprint density at radius 3 is 2.68 bits per heavy atom. The molecule has 1 saturated heterocycles. The summed E-state index contributed by atoms with van der Waals surface area (Å²) in [6, 6.07) is 17.3. The fourth-order valence-corrected chi connectivity index (χ4v) is 3.41. The van der Waals surface area contributed by atoms with Crippen molar-refractivity contribution in [1.29, 1.82) is 0 Å². The highest BCUT2D eigenvalue weighted by atomic mass is 16.6. The van der Waals surface area contributed by atoms with Crippen molar-refractivity contribution in [2.45, 2.75) is 19.4 Å². The van der Waals surface area contributed by atoms with Crippen LogP contribution < -0.4 is 15.0 Å². The van der Waals surface area contributed by atoms with Gasteiger partial charge < -0.3 is 24.5 Å². The van der Waals surface area contributed by atoms with E-state index in [9.17, 15) is 5.11 Å². The van der Waals surface area contributed by atoms with Crippen molar-refractivity contribution in [3.05, 3.63) is 66.6 Å². The third kappa shape index (κ3) is 4.46. The number of hydrogen-bond acceptors (Lipinski definition) is 6. The number of rotatable bonds is 7. The number of aliphatic hydroxyl groups is 1. The third-order valence-electron chi connectivity index (χ3n) is 5.01. The van der Waals surface area contributed by atoms with E-state index in [0.29, 0.717) is 18.4 Å². The lowest BCUT2D eigenvalue weighted by Gasteiger charge is -2.33. The first-order valence-corrected chi connectivity index (χ1v) is 9.68. The van der Waals surface area contributed by atoms with Gasteiger partial charge in [-0.15, -0.1) is 0 Å². The number of piperidine rings is 1. The maximum atomic E-state index is 9.34. The molecule has 4 rings (SSSR count). The second-order valence-corrected chi connectivity index (χ2v) is 6.98. The van der Waals surface area contributed by atoms with Gasteiger partial charge in [-0.25, -0.2) is 4.98 Å². The molecule has 0 atom stereocenters. The Morgan fingerprint density at radius 1 is 1.07 bits per heavy atom. The van der Waals surface area contributed by atoms with Gasteiger partial charge in [0.1, 0.15) is 11.5 Å². The summed E-state index contributed by atoms with van der Waals surface area (Å²) in [4.78, 5) is 6.85. The van der Waals surface area contributed by atoms with Gasteiger partial charge in [0.25, 0.3) is 5.95 Å². The molecule has 0 amide bonds. The van der Waals surface area contributed by atoms with Crippen LogP contribution in [0.3, 0.4) is 0 Å². The van der Waals surface area contributed by atoms with Gasteiger partial charge in [-0.05, 0) is 49.1 Å². The fraction of sp³-hybridized carbons (Fsp3) is 0.318. The van der Waals surface area contributed by atoms with Gasteiger partial charge >= 0.3 is 0 Å². The molecule has 2 N–H and O–H groups in total. The number of hydrogen-bond donors (Lipinski definition) is 2. The van der Waals surface area contributed by atoms with Crippen molar-refractivity contribution in [1.82, 2.24) is 4.98 Å². The molecule has 146 valence electrons. The first kappa shape index (κ1) is 18.4. The number of benzene rings is 1. The van der Waals surface area contributed by atoms with E-state index in [-0.39, 0.29) is 6.61 Å². The average molecular weight is 379 g/mol. The molecule has 6 nitrogen and oxygen atoms in total. The number of furan rings is 1. The van der Waals surface area contributed by atoms with E-state index >= 15 is 0 Å². The van der Waals surface area contributed by atoms with Crippen LogP contribution in [-0.2, 0) is 6.54 Å². The van der Waals surface area contributed by atoms with E-state index in [1.807, 2.05) is 60.8 Å². The van der Waals surface area contributed by atoms with E-state index in [2.05, 4.69) is 15.2 Å². The number of nitrogens with one attached hydrogen (secondary N) is 1. The molecule has 0 saturated carbocycles. The first-order valence-electron chi connectivity index (χ1n) is 9.68. The molecule has 0 radical (unpaired) electrons. The normalized spacial score (nSPS) is 14.8. The van der Waals surface area contributed by atoms with E-state index < -0.39 is 0 Å². The zero-order valence-electron chi connectivity index (χ0n) is 15.8. The Kier molecular flexibility index (Phi) is 5.77. The van der Waals surface area contributed by atoms with E-state index in [0.717, 1.165) is 48.9 Å². The number of anilines is 2. The number of nitrogens with zero attached hydrogens (tertiary/aromatic N) is 2. The molecule has 1 aliphatic heterocycles. The quantitative estimate of drug-likeness (QED) is 0.638. The highest BCUT2D eigenvalue weighted by Gasteiger charge is 2.21. The highest BCUT2D eigenvalue weighted by molar-refractivity contribution is 5.65. The van der Waals surface area contributed by atoms with Crippen molar-refractivity contribution in [2.75, 3.05) is 29.9 Å². The van der Waals surface area contributed by atoms with Crippen LogP contribution in [0.1, 0.15) is 18.6 Å². The summed E-state index contributed by atoms with van der Waals surface area (Å²) >= 11 is 0. The lowest BCUT2D eigenvalue weighted by Crippen LogP contribution is -2.35. The number of para-hydroxylation sites is 1. The average Bonchev–Trinajstić information content (AvgIpc) is 3.20. The zero-order valence-corrected chi connectivity index (χ0v) is 15.8. The summed E-state index contributed by atoms with van der Waals surface area (Å²) in [5, 5.41) is 12.8. The minimum Gasteiger partial charge on any atom is -0.429 e. The second-order valence-electron chi connectivity index (χ2n) is 6.98. The largest absolute Gasteiger partial charge is 0.429 e. The summed E-state index contributed by atoms with van der Waals surface area (Å²) in [5.74, 6) is 3.37. The summed E-state index contributed by atoms with van der Waals surface area (Å²) < 4.78 is 11.5. The Bertz CT molecular complexity index is 873. The van der Waals surface area contributed by atoms with E-state index in [1.165, 1.54) is 0 Å². The zero-order chi connectivity index (χ0) is 19.2. The van der Waals surface area contributed by atoms with Crippen molar-refractivity contribution in [3.8, 4) is 11.7 Å². The molecule has 6 heteroatoms. The lowest BCUT2D eigenvalue weighted by atomic mass is 9.98. The monoisotopic (exact) mass is 379 g/mol. The van der Waals surface area contributed by atoms with Gasteiger partial charge in [-0.1, -0.05) is 18.2 Å². The summed E-state index contributed by atoms with van der Waals surface area (Å²) in [5.41, 5.74) is 0.979. The van der Waals surface area contributed by atoms with Crippen LogP contribution in [0, 0.1) is 5.92 Å². The molecule has 3 heterocycles. The SMILES string of the molecule is OCC1CCN(c2ncccc2NCc2ccc(Oc3ccccc3)o2)CC1. The minimum absolute atomic E-state index is 0.271. The maximum absolute atomic E-state index is 9.34. The van der Waals surface area contributed by atoms with Gasteiger partial charge in [0, 0.05) is 32.0 Å². The van der Waals surface area contributed by atoms with Gasteiger partial charge in [0.15, 0.2) is 5.82 Å². The number of ether oxygens (including phenoxy) is 1. The molecule has 0 bridgehead atoms. The van der Waals surface area contributed by atoms with Crippen LogP contribution >= 0.6 is 0 Å². The van der Waals surface area contributed by atoms with E-state index in [1.54, 1.807) is 0 Å². The van der Waals surface area contributed by atoms with Crippen LogP contribution in [0.5, 0.6) is 11.7 Å². The predicted molar refractivity (Wildman–Crippen MR) is 109 cm³/mol. The first-order chi connectivity index (χ1) is 13.8. The molecule has 2 aromatic heterocycles. The van der Waals surface area contributed by atoms with Gasteiger partial charge in [-0.2, -0.15) is 0 Å². The van der Waals surface area contributed by atoms with Crippen LogP contribution in [0.15, 0.2) is 65.2 Å². The Balaban J connectivity index is 1.38. The number of aliphatic hydroxyl groups excluding tert-OH is 1. The number of pyridine rings is 1.